The molecule has 0 spiro atoms. The predicted molar refractivity (Wildman–Crippen MR) is 116 cm³/mol. The third-order valence-corrected chi connectivity index (χ3v) is 4.76. The van der Waals surface area contributed by atoms with Crippen molar-refractivity contribution in [1.82, 2.24) is 25.4 Å². The van der Waals surface area contributed by atoms with E-state index in [2.05, 4.69) is 36.9 Å². The van der Waals surface area contributed by atoms with Crippen molar-refractivity contribution in [2.24, 2.45) is 0 Å². The number of rotatable bonds is 6. The number of nitrogens with zero attached hydrogens (tertiary/aromatic N) is 4. The molecule has 0 saturated carbocycles. The molecule has 156 valence electrons. The molecule has 3 aromatic rings. The molecule has 1 aromatic carbocycles. The number of pyridine rings is 1. The summed E-state index contributed by atoms with van der Waals surface area (Å²) in [5, 5.41) is 8.69. The second kappa shape index (κ2) is 9.54. The molecular weight excluding hydrogens is 499 g/mol. The largest absolute Gasteiger partial charge is 0.320 e. The summed E-state index contributed by atoms with van der Waals surface area (Å²) in [6.07, 6.45) is 1.53. The van der Waals surface area contributed by atoms with Crippen molar-refractivity contribution in [3.63, 3.8) is 0 Å². The van der Waals surface area contributed by atoms with Crippen molar-refractivity contribution in [1.29, 1.82) is 0 Å². The van der Waals surface area contributed by atoms with E-state index in [-0.39, 0.29) is 22.8 Å². The van der Waals surface area contributed by atoms with Crippen LogP contribution < -0.4 is 10.9 Å². The number of halogens is 3. The van der Waals surface area contributed by atoms with Crippen LogP contribution in [0.4, 0.5) is 5.69 Å². The number of amides is 2. The van der Waals surface area contributed by atoms with E-state index in [4.69, 9.17) is 28.0 Å². The molecule has 0 fully saturated rings. The van der Waals surface area contributed by atoms with Gasteiger partial charge in [0.05, 0.1) is 23.4 Å². The van der Waals surface area contributed by atoms with Gasteiger partial charge in [0.15, 0.2) is 5.82 Å². The van der Waals surface area contributed by atoms with Gasteiger partial charge in [0.25, 0.3) is 11.8 Å². The van der Waals surface area contributed by atoms with Gasteiger partial charge in [0.1, 0.15) is 10.3 Å². The number of aromatic nitrogens is 3. The van der Waals surface area contributed by atoms with Crippen LogP contribution in [0.5, 0.6) is 0 Å². The van der Waals surface area contributed by atoms with Crippen molar-refractivity contribution in [3.05, 3.63) is 68.5 Å². The van der Waals surface area contributed by atoms with Crippen LogP contribution in [0, 0.1) is 0 Å². The van der Waals surface area contributed by atoms with Gasteiger partial charge in [-0.05, 0) is 46.3 Å². The average molecular weight is 514 g/mol. The highest BCUT2D eigenvalue weighted by molar-refractivity contribution is 9.10. The summed E-state index contributed by atoms with van der Waals surface area (Å²) in [6.45, 7) is 0. The van der Waals surface area contributed by atoms with E-state index >= 15 is 0 Å². The van der Waals surface area contributed by atoms with E-state index in [1.54, 1.807) is 18.2 Å². The third kappa shape index (κ3) is 4.79. The molecule has 2 heterocycles. The van der Waals surface area contributed by atoms with Gasteiger partial charge in [-0.3, -0.25) is 19.4 Å². The molecule has 3 rings (SSSR count). The van der Waals surface area contributed by atoms with E-state index in [0.29, 0.717) is 14.6 Å². The highest BCUT2D eigenvalue weighted by Gasteiger charge is 2.22. The summed E-state index contributed by atoms with van der Waals surface area (Å²) in [6, 6.07) is 9.33. The van der Waals surface area contributed by atoms with Crippen LogP contribution >= 0.6 is 39.1 Å². The smallest absolute Gasteiger partial charge is 0.274 e. The number of hydrogen-bond donors (Lipinski definition) is 2. The van der Waals surface area contributed by atoms with E-state index in [1.807, 2.05) is 0 Å². The highest BCUT2D eigenvalue weighted by Crippen LogP contribution is 2.25. The summed E-state index contributed by atoms with van der Waals surface area (Å²) in [5.41, 5.74) is 2.95. The molecule has 0 aliphatic rings. The standard InChI is InChI=1S/C18H15BrCl2N6O3/c1-26(25-30-2)18(29)11-8-10(20)5-6-13(11)23-17(28)14-9-15(19)24-27(14)16-12(21)4-3-7-22-16/h3-9,25H,1-2H3,(H,23,28). The maximum atomic E-state index is 13.0. The first-order valence-electron chi connectivity index (χ1n) is 8.36. The van der Waals surface area contributed by atoms with Crippen LogP contribution in [0.25, 0.3) is 5.82 Å². The molecule has 0 atom stereocenters. The fourth-order valence-corrected chi connectivity index (χ4v) is 3.31. The fourth-order valence-electron chi connectivity index (χ4n) is 2.56. The fraction of sp³-hybridized carbons (Fsp3) is 0.111. The number of carbonyl (C=O) groups is 2. The Hall–Kier alpha value is -2.50. The summed E-state index contributed by atoms with van der Waals surface area (Å²) >= 11 is 15.5. The Labute approximate surface area is 190 Å². The molecule has 0 aliphatic heterocycles. The molecule has 0 radical (unpaired) electrons. The lowest BCUT2D eigenvalue weighted by atomic mass is 10.1. The van der Waals surface area contributed by atoms with Gasteiger partial charge >= 0.3 is 0 Å². The Balaban J connectivity index is 1.97. The lowest BCUT2D eigenvalue weighted by molar-refractivity contribution is -0.0281. The SMILES string of the molecule is CONN(C)C(=O)c1cc(Cl)ccc1NC(=O)c1cc(Br)nn1-c1ncccc1Cl. The summed E-state index contributed by atoms with van der Waals surface area (Å²) in [5.74, 6) is -0.725. The van der Waals surface area contributed by atoms with Gasteiger partial charge in [-0.2, -0.15) is 5.10 Å². The van der Waals surface area contributed by atoms with Gasteiger partial charge in [-0.25, -0.2) is 9.67 Å². The quantitative estimate of drug-likeness (QED) is 0.487. The zero-order valence-corrected chi connectivity index (χ0v) is 18.8. The second-order valence-corrected chi connectivity index (χ2v) is 7.53. The third-order valence-electron chi connectivity index (χ3n) is 3.84. The maximum absolute atomic E-state index is 13.0. The van der Waals surface area contributed by atoms with Crippen LogP contribution in [0.1, 0.15) is 20.8 Å². The Morgan fingerprint density at radius 1 is 1.23 bits per heavy atom. The average Bonchev–Trinajstić information content (AvgIpc) is 3.11. The Kier molecular flexibility index (Phi) is 7.06. The summed E-state index contributed by atoms with van der Waals surface area (Å²) in [4.78, 5) is 34.6. The molecule has 0 unspecified atom stereocenters. The summed E-state index contributed by atoms with van der Waals surface area (Å²) < 4.78 is 1.71. The van der Waals surface area contributed by atoms with E-state index in [0.717, 1.165) is 5.01 Å². The van der Waals surface area contributed by atoms with E-state index in [1.165, 1.54) is 43.2 Å². The zero-order valence-electron chi connectivity index (χ0n) is 15.7. The number of benzene rings is 1. The van der Waals surface area contributed by atoms with Crippen molar-refractivity contribution < 1.29 is 14.4 Å². The van der Waals surface area contributed by atoms with Gasteiger partial charge in [-0.15, -0.1) is 5.59 Å². The molecule has 2 N–H and O–H groups in total. The van der Waals surface area contributed by atoms with Crippen LogP contribution in [0.2, 0.25) is 10.0 Å². The first kappa shape index (κ1) is 22.2. The van der Waals surface area contributed by atoms with Crippen molar-refractivity contribution in [2.75, 3.05) is 19.5 Å². The molecule has 2 amide bonds. The molecule has 2 aromatic heterocycles. The molecule has 9 nitrogen and oxygen atoms in total. The Morgan fingerprint density at radius 2 is 2.00 bits per heavy atom. The number of carbonyl (C=O) groups excluding carboxylic acids is 2. The summed E-state index contributed by atoms with van der Waals surface area (Å²) in [7, 11) is 2.83. The van der Waals surface area contributed by atoms with Gasteiger partial charge < -0.3 is 5.32 Å². The number of hydrogen-bond acceptors (Lipinski definition) is 6. The highest BCUT2D eigenvalue weighted by atomic mass is 79.9. The minimum atomic E-state index is -0.534. The van der Waals surface area contributed by atoms with Crippen LogP contribution in [-0.2, 0) is 4.84 Å². The normalized spacial score (nSPS) is 10.7. The van der Waals surface area contributed by atoms with Crippen molar-refractivity contribution >= 4 is 56.6 Å². The molecule has 30 heavy (non-hydrogen) atoms. The predicted octanol–water partition coefficient (Wildman–Crippen LogP) is 3.73. The number of anilines is 1. The van der Waals surface area contributed by atoms with Gasteiger partial charge in [0, 0.05) is 24.3 Å². The van der Waals surface area contributed by atoms with Gasteiger partial charge in [0.2, 0.25) is 0 Å². The van der Waals surface area contributed by atoms with Gasteiger partial charge in [-0.1, -0.05) is 23.2 Å². The zero-order chi connectivity index (χ0) is 21.8. The number of hydrazine groups is 1. The molecule has 12 heteroatoms. The molecule has 0 bridgehead atoms. The van der Waals surface area contributed by atoms with Crippen LogP contribution in [0.3, 0.4) is 0 Å². The van der Waals surface area contributed by atoms with Crippen LogP contribution in [-0.4, -0.2) is 45.7 Å². The molecule has 0 aliphatic carbocycles. The molecular formula is C18H15BrCl2N6O3. The minimum Gasteiger partial charge on any atom is -0.320 e. The Bertz CT molecular complexity index is 1110. The topological polar surface area (TPSA) is 101 Å². The number of nitrogens with one attached hydrogen (secondary N) is 2. The second-order valence-electron chi connectivity index (χ2n) is 5.88. The lowest BCUT2D eigenvalue weighted by Crippen LogP contribution is -2.39. The minimum absolute atomic E-state index is 0.152. The van der Waals surface area contributed by atoms with Crippen LogP contribution in [0.15, 0.2) is 47.2 Å². The molecule has 0 saturated heterocycles. The van der Waals surface area contributed by atoms with E-state index in [9.17, 15) is 9.59 Å². The lowest BCUT2D eigenvalue weighted by Gasteiger charge is -2.19. The first-order valence-corrected chi connectivity index (χ1v) is 9.90. The van der Waals surface area contributed by atoms with Crippen molar-refractivity contribution in [2.45, 2.75) is 0 Å². The maximum Gasteiger partial charge on any atom is 0.274 e. The van der Waals surface area contributed by atoms with E-state index < -0.39 is 11.8 Å². The Morgan fingerprint density at radius 3 is 2.70 bits per heavy atom. The van der Waals surface area contributed by atoms with Crippen molar-refractivity contribution in [3.8, 4) is 5.82 Å². The first-order chi connectivity index (χ1) is 14.3. The monoisotopic (exact) mass is 512 g/mol.